The van der Waals surface area contributed by atoms with Crippen molar-refractivity contribution in [3.05, 3.63) is 46.1 Å². The Morgan fingerprint density at radius 2 is 2.11 bits per heavy atom. The third-order valence-electron chi connectivity index (χ3n) is 2.34. The van der Waals surface area contributed by atoms with Crippen molar-refractivity contribution in [2.75, 3.05) is 11.1 Å². The Balaban J connectivity index is 2.44. The molecule has 2 aromatic rings. The number of aromatic carboxylic acids is 1. The number of carbonyl (C=O) groups is 1. The van der Waals surface area contributed by atoms with E-state index in [0.29, 0.717) is 15.7 Å². The Kier molecular flexibility index (Phi) is 3.78. The molecule has 0 saturated heterocycles. The number of benzene rings is 1. The number of nitrogens with one attached hydrogen (secondary N) is 1. The van der Waals surface area contributed by atoms with E-state index in [2.05, 4.69) is 10.3 Å². The van der Waals surface area contributed by atoms with Crippen molar-refractivity contribution in [3.8, 4) is 0 Å². The second-order valence-corrected chi connectivity index (χ2v) is 4.48. The summed E-state index contributed by atoms with van der Waals surface area (Å²) in [7, 11) is 0. The van der Waals surface area contributed by atoms with Gasteiger partial charge >= 0.3 is 5.97 Å². The van der Waals surface area contributed by atoms with Gasteiger partial charge in [0, 0.05) is 0 Å². The number of halogens is 2. The van der Waals surface area contributed by atoms with E-state index in [-0.39, 0.29) is 17.1 Å². The smallest absolute Gasteiger partial charge is 0.339 e. The lowest BCUT2D eigenvalue weighted by molar-refractivity contribution is 0.0697. The molecular weight excluding hydrogens is 289 g/mol. The summed E-state index contributed by atoms with van der Waals surface area (Å²) in [5.41, 5.74) is 6.20. The Labute approximate surface area is 119 Å². The van der Waals surface area contributed by atoms with E-state index in [4.69, 9.17) is 34.0 Å². The highest BCUT2D eigenvalue weighted by atomic mass is 35.5. The van der Waals surface area contributed by atoms with Crippen LogP contribution in [-0.4, -0.2) is 16.1 Å². The van der Waals surface area contributed by atoms with E-state index >= 15 is 0 Å². The van der Waals surface area contributed by atoms with Gasteiger partial charge in [0.05, 0.1) is 27.6 Å². The summed E-state index contributed by atoms with van der Waals surface area (Å²) < 4.78 is 0. The van der Waals surface area contributed by atoms with Crippen LogP contribution >= 0.6 is 23.2 Å². The van der Waals surface area contributed by atoms with Gasteiger partial charge in [-0.25, -0.2) is 9.78 Å². The average Bonchev–Trinajstić information content (AvgIpc) is 2.36. The van der Waals surface area contributed by atoms with Crippen LogP contribution in [0.2, 0.25) is 10.0 Å². The zero-order valence-electron chi connectivity index (χ0n) is 9.52. The molecule has 0 saturated carbocycles. The van der Waals surface area contributed by atoms with Crippen LogP contribution in [-0.2, 0) is 0 Å². The molecule has 0 unspecified atom stereocenters. The van der Waals surface area contributed by atoms with E-state index in [1.807, 2.05) is 0 Å². The normalized spacial score (nSPS) is 10.2. The van der Waals surface area contributed by atoms with Gasteiger partial charge in [-0.3, -0.25) is 0 Å². The second kappa shape index (κ2) is 5.34. The molecule has 0 spiro atoms. The zero-order valence-corrected chi connectivity index (χ0v) is 11.0. The van der Waals surface area contributed by atoms with Crippen molar-refractivity contribution in [2.24, 2.45) is 0 Å². The molecule has 0 atom stereocenters. The third-order valence-corrected chi connectivity index (χ3v) is 3.16. The topological polar surface area (TPSA) is 88.2 Å². The lowest BCUT2D eigenvalue weighted by atomic mass is 10.2. The van der Waals surface area contributed by atoms with E-state index in [0.717, 1.165) is 0 Å². The second-order valence-electron chi connectivity index (χ2n) is 3.70. The molecule has 1 aromatic carbocycles. The van der Waals surface area contributed by atoms with Crippen LogP contribution in [0.4, 0.5) is 17.2 Å². The number of nitrogen functional groups attached to an aromatic ring is 1. The van der Waals surface area contributed by atoms with E-state index < -0.39 is 5.97 Å². The van der Waals surface area contributed by atoms with Gasteiger partial charge in [0.2, 0.25) is 0 Å². The highest BCUT2D eigenvalue weighted by Crippen LogP contribution is 2.32. The number of carboxylic acids is 1. The fourth-order valence-corrected chi connectivity index (χ4v) is 1.82. The van der Waals surface area contributed by atoms with Gasteiger partial charge in [0.1, 0.15) is 11.4 Å². The number of anilines is 3. The Hall–Kier alpha value is -1.98. The minimum absolute atomic E-state index is 0.0453. The van der Waals surface area contributed by atoms with Gasteiger partial charge in [-0.15, -0.1) is 0 Å². The lowest BCUT2D eigenvalue weighted by Gasteiger charge is -2.11. The first-order chi connectivity index (χ1) is 8.99. The van der Waals surface area contributed by atoms with Gasteiger partial charge < -0.3 is 16.2 Å². The SMILES string of the molecule is Nc1cnc(Nc2cccc(Cl)c2Cl)c(C(=O)O)c1. The van der Waals surface area contributed by atoms with E-state index in [9.17, 15) is 4.79 Å². The average molecular weight is 298 g/mol. The van der Waals surface area contributed by atoms with Crippen LogP contribution < -0.4 is 11.1 Å². The number of aromatic nitrogens is 1. The summed E-state index contributed by atoms with van der Waals surface area (Å²) in [4.78, 5) is 15.1. The van der Waals surface area contributed by atoms with Crippen molar-refractivity contribution in [2.45, 2.75) is 0 Å². The molecule has 2 rings (SSSR count). The number of nitrogens with zero attached hydrogens (tertiary/aromatic N) is 1. The fourth-order valence-electron chi connectivity index (χ4n) is 1.47. The van der Waals surface area contributed by atoms with Crippen molar-refractivity contribution in [3.63, 3.8) is 0 Å². The standard InChI is InChI=1S/C12H9Cl2N3O2/c13-8-2-1-3-9(10(8)14)17-11-7(12(18)19)4-6(15)5-16-11/h1-5H,15H2,(H,16,17)(H,18,19). The minimum atomic E-state index is -1.14. The molecule has 1 aromatic heterocycles. The molecule has 0 radical (unpaired) electrons. The number of rotatable bonds is 3. The molecule has 19 heavy (non-hydrogen) atoms. The number of carboxylic acid groups (broad SMARTS) is 1. The molecule has 4 N–H and O–H groups in total. The van der Waals surface area contributed by atoms with Crippen LogP contribution in [0.5, 0.6) is 0 Å². The summed E-state index contributed by atoms with van der Waals surface area (Å²) in [5.74, 6) is -0.994. The van der Waals surface area contributed by atoms with Crippen LogP contribution in [0.25, 0.3) is 0 Å². The Bertz CT molecular complexity index is 647. The summed E-state index contributed by atoms with van der Waals surface area (Å²) in [6.07, 6.45) is 1.35. The molecular formula is C12H9Cl2N3O2. The first kappa shape index (κ1) is 13.5. The van der Waals surface area contributed by atoms with Crippen molar-refractivity contribution >= 4 is 46.4 Å². The maximum Gasteiger partial charge on any atom is 0.339 e. The molecule has 1 heterocycles. The van der Waals surface area contributed by atoms with Gasteiger partial charge in [-0.2, -0.15) is 0 Å². The molecule has 7 heteroatoms. The number of nitrogens with two attached hydrogens (primary N) is 1. The third kappa shape index (κ3) is 2.89. The maximum absolute atomic E-state index is 11.1. The maximum atomic E-state index is 11.1. The van der Waals surface area contributed by atoms with Gasteiger partial charge in [0.15, 0.2) is 0 Å². The monoisotopic (exact) mass is 297 g/mol. The molecule has 5 nitrogen and oxygen atoms in total. The molecule has 98 valence electrons. The molecule has 0 aliphatic rings. The van der Waals surface area contributed by atoms with Crippen molar-refractivity contribution in [1.29, 1.82) is 0 Å². The summed E-state index contributed by atoms with van der Waals surface area (Å²) in [6.45, 7) is 0. The molecule has 0 amide bonds. The predicted molar refractivity (Wildman–Crippen MR) is 75.4 cm³/mol. The minimum Gasteiger partial charge on any atom is -0.478 e. The van der Waals surface area contributed by atoms with Gasteiger partial charge in [-0.1, -0.05) is 29.3 Å². The Morgan fingerprint density at radius 1 is 1.37 bits per heavy atom. The van der Waals surface area contributed by atoms with Gasteiger partial charge in [-0.05, 0) is 18.2 Å². The van der Waals surface area contributed by atoms with E-state index in [1.165, 1.54) is 12.3 Å². The quantitative estimate of drug-likeness (QED) is 0.808. The molecule has 0 aliphatic heterocycles. The predicted octanol–water partition coefficient (Wildman–Crippen LogP) is 3.41. The van der Waals surface area contributed by atoms with Crippen LogP contribution in [0.3, 0.4) is 0 Å². The number of pyridine rings is 1. The van der Waals surface area contributed by atoms with Crippen LogP contribution in [0.15, 0.2) is 30.5 Å². The van der Waals surface area contributed by atoms with Crippen LogP contribution in [0.1, 0.15) is 10.4 Å². The van der Waals surface area contributed by atoms with Crippen molar-refractivity contribution < 1.29 is 9.90 Å². The lowest BCUT2D eigenvalue weighted by Crippen LogP contribution is -2.06. The summed E-state index contributed by atoms with van der Waals surface area (Å²) >= 11 is 11.9. The fraction of sp³-hybridized carbons (Fsp3) is 0. The molecule has 0 aliphatic carbocycles. The summed E-state index contributed by atoms with van der Waals surface area (Å²) in [6, 6.07) is 6.30. The van der Waals surface area contributed by atoms with Crippen molar-refractivity contribution in [1.82, 2.24) is 4.98 Å². The Morgan fingerprint density at radius 3 is 2.79 bits per heavy atom. The highest BCUT2D eigenvalue weighted by Gasteiger charge is 2.14. The van der Waals surface area contributed by atoms with Crippen LogP contribution in [0, 0.1) is 0 Å². The highest BCUT2D eigenvalue weighted by molar-refractivity contribution is 6.43. The molecule has 0 bridgehead atoms. The zero-order chi connectivity index (χ0) is 14.0. The number of hydrogen-bond acceptors (Lipinski definition) is 4. The van der Waals surface area contributed by atoms with E-state index in [1.54, 1.807) is 18.2 Å². The largest absolute Gasteiger partial charge is 0.478 e. The summed E-state index contributed by atoms with van der Waals surface area (Å²) in [5, 5.41) is 12.6. The first-order valence-corrected chi connectivity index (χ1v) is 5.94. The van der Waals surface area contributed by atoms with Gasteiger partial charge in [0.25, 0.3) is 0 Å². The number of hydrogen-bond donors (Lipinski definition) is 3. The first-order valence-electron chi connectivity index (χ1n) is 5.19. The molecule has 0 fully saturated rings.